The van der Waals surface area contributed by atoms with Crippen molar-refractivity contribution in [2.75, 3.05) is 5.32 Å². The summed E-state index contributed by atoms with van der Waals surface area (Å²) in [5, 5.41) is 13.3. The van der Waals surface area contributed by atoms with Crippen LogP contribution >= 0.6 is 11.6 Å². The van der Waals surface area contributed by atoms with Crippen LogP contribution in [0.15, 0.2) is 83.3 Å². The van der Waals surface area contributed by atoms with Gasteiger partial charge in [0.1, 0.15) is 6.04 Å². The maximum absolute atomic E-state index is 13.3. The topological polar surface area (TPSA) is 80.0 Å². The molecule has 0 saturated heterocycles. The third-order valence-corrected chi connectivity index (χ3v) is 5.01. The van der Waals surface area contributed by atoms with Crippen LogP contribution in [0.1, 0.15) is 23.1 Å². The fraction of sp³-hybridized carbons (Fsp3) is 0.0870. The fourth-order valence-electron chi connectivity index (χ4n) is 3.16. The van der Waals surface area contributed by atoms with Gasteiger partial charge in [0.2, 0.25) is 11.8 Å². The Morgan fingerprint density at radius 1 is 0.909 bits per heavy atom. The second kappa shape index (κ2) is 9.33. The summed E-state index contributed by atoms with van der Waals surface area (Å²) in [6.45, 7) is 0. The molecule has 0 saturated carbocycles. The number of anilines is 1. The number of amides is 2. The largest absolute Gasteiger partial charge is 0.418 e. The normalized spacial score (nSPS) is 12.2. The van der Waals surface area contributed by atoms with Gasteiger partial charge in [-0.05, 0) is 29.8 Å². The molecule has 0 radical (unpaired) electrons. The van der Waals surface area contributed by atoms with Crippen molar-refractivity contribution < 1.29 is 22.4 Å². The van der Waals surface area contributed by atoms with Crippen LogP contribution in [0.5, 0.6) is 0 Å². The van der Waals surface area contributed by atoms with Gasteiger partial charge >= 0.3 is 12.2 Å². The van der Waals surface area contributed by atoms with E-state index in [2.05, 4.69) is 20.8 Å². The highest BCUT2D eigenvalue weighted by atomic mass is 35.5. The van der Waals surface area contributed by atoms with Gasteiger partial charge in [-0.15, -0.1) is 10.2 Å². The predicted molar refractivity (Wildman–Crippen MR) is 117 cm³/mol. The molecule has 0 aliphatic rings. The van der Waals surface area contributed by atoms with Gasteiger partial charge in [0.25, 0.3) is 0 Å². The molecule has 0 aliphatic carbocycles. The third kappa shape index (κ3) is 5.15. The second-order valence-electron chi connectivity index (χ2n) is 6.91. The van der Waals surface area contributed by atoms with E-state index in [0.29, 0.717) is 16.1 Å². The van der Waals surface area contributed by atoms with Crippen molar-refractivity contribution in [1.82, 2.24) is 15.5 Å². The number of nitrogens with zero attached hydrogens (tertiary/aromatic N) is 2. The second-order valence-corrected chi connectivity index (χ2v) is 7.32. The molecule has 1 atom stereocenters. The number of alkyl halides is 3. The SMILES string of the molecule is O=C(Nc1ccccc1C(F)(F)F)N[C@@H](c1ccccc1)c1nnc(-c2ccccc2Cl)o1. The smallest absolute Gasteiger partial charge is 0.418 e. The molecule has 0 fully saturated rings. The van der Waals surface area contributed by atoms with Crippen LogP contribution in [0.4, 0.5) is 23.7 Å². The molecule has 4 rings (SSSR count). The maximum atomic E-state index is 13.3. The fourth-order valence-corrected chi connectivity index (χ4v) is 3.37. The minimum absolute atomic E-state index is 0.0374. The highest BCUT2D eigenvalue weighted by Gasteiger charge is 2.34. The Hall–Kier alpha value is -3.85. The van der Waals surface area contributed by atoms with Crippen LogP contribution < -0.4 is 10.6 Å². The van der Waals surface area contributed by atoms with E-state index >= 15 is 0 Å². The highest BCUT2D eigenvalue weighted by molar-refractivity contribution is 6.33. The average molecular weight is 473 g/mol. The van der Waals surface area contributed by atoms with Gasteiger partial charge in [0, 0.05) is 0 Å². The summed E-state index contributed by atoms with van der Waals surface area (Å²) in [4.78, 5) is 12.7. The molecule has 1 aromatic heterocycles. The number of nitrogens with one attached hydrogen (secondary N) is 2. The first-order valence-electron chi connectivity index (χ1n) is 9.70. The molecule has 0 unspecified atom stereocenters. The van der Waals surface area contributed by atoms with Crippen molar-refractivity contribution >= 4 is 23.3 Å². The van der Waals surface area contributed by atoms with Gasteiger partial charge in [-0.1, -0.05) is 66.2 Å². The minimum atomic E-state index is -4.63. The van der Waals surface area contributed by atoms with Crippen LogP contribution in [0.3, 0.4) is 0 Å². The number of rotatable bonds is 5. The first kappa shape index (κ1) is 22.3. The molecule has 3 aromatic carbocycles. The molecule has 0 spiro atoms. The van der Waals surface area contributed by atoms with E-state index in [-0.39, 0.29) is 17.5 Å². The van der Waals surface area contributed by atoms with Gasteiger partial charge in [0.15, 0.2) is 0 Å². The molecular weight excluding hydrogens is 457 g/mol. The molecule has 10 heteroatoms. The van der Waals surface area contributed by atoms with Gasteiger partial charge < -0.3 is 15.1 Å². The number of urea groups is 1. The van der Waals surface area contributed by atoms with Crippen LogP contribution in [0.2, 0.25) is 5.02 Å². The Balaban J connectivity index is 1.63. The number of para-hydroxylation sites is 1. The first-order valence-corrected chi connectivity index (χ1v) is 10.1. The Morgan fingerprint density at radius 2 is 1.58 bits per heavy atom. The predicted octanol–water partition coefficient (Wildman–Crippen LogP) is 6.32. The van der Waals surface area contributed by atoms with Crippen molar-refractivity contribution in [3.63, 3.8) is 0 Å². The number of aromatic nitrogens is 2. The van der Waals surface area contributed by atoms with Crippen molar-refractivity contribution in [3.8, 4) is 11.5 Å². The third-order valence-electron chi connectivity index (χ3n) is 4.68. The van der Waals surface area contributed by atoms with Gasteiger partial charge in [-0.3, -0.25) is 0 Å². The van der Waals surface area contributed by atoms with Crippen molar-refractivity contribution in [1.29, 1.82) is 0 Å². The van der Waals surface area contributed by atoms with Gasteiger partial charge in [0.05, 0.1) is 21.8 Å². The molecule has 4 aromatic rings. The molecular formula is C23H16ClF3N4O2. The van der Waals surface area contributed by atoms with Crippen molar-refractivity contribution in [2.45, 2.75) is 12.2 Å². The molecule has 0 bridgehead atoms. The van der Waals surface area contributed by atoms with Gasteiger partial charge in [-0.2, -0.15) is 13.2 Å². The van der Waals surface area contributed by atoms with Crippen LogP contribution in [-0.2, 0) is 6.18 Å². The maximum Gasteiger partial charge on any atom is 0.418 e. The van der Waals surface area contributed by atoms with E-state index in [4.69, 9.17) is 16.0 Å². The average Bonchev–Trinajstić information content (AvgIpc) is 3.28. The lowest BCUT2D eigenvalue weighted by atomic mass is 10.1. The molecule has 168 valence electrons. The van der Waals surface area contributed by atoms with E-state index < -0.39 is 23.8 Å². The van der Waals surface area contributed by atoms with Crippen LogP contribution in [0, 0.1) is 0 Å². The Kier molecular flexibility index (Phi) is 6.32. The van der Waals surface area contributed by atoms with E-state index in [0.717, 1.165) is 6.07 Å². The quantitative estimate of drug-likeness (QED) is 0.356. The lowest BCUT2D eigenvalue weighted by Crippen LogP contribution is -2.34. The molecule has 0 aliphatic heterocycles. The summed E-state index contributed by atoms with van der Waals surface area (Å²) < 4.78 is 45.6. The zero-order valence-electron chi connectivity index (χ0n) is 16.8. The molecule has 1 heterocycles. The monoisotopic (exact) mass is 472 g/mol. The lowest BCUT2D eigenvalue weighted by molar-refractivity contribution is -0.136. The summed E-state index contributed by atoms with van der Waals surface area (Å²) >= 11 is 6.19. The Labute approximate surface area is 191 Å². The van der Waals surface area contributed by atoms with E-state index in [1.165, 1.54) is 18.2 Å². The van der Waals surface area contributed by atoms with Gasteiger partial charge in [-0.25, -0.2) is 4.79 Å². The summed E-state index contributed by atoms with van der Waals surface area (Å²) in [7, 11) is 0. The molecule has 6 nitrogen and oxygen atoms in total. The molecule has 2 amide bonds. The first-order chi connectivity index (χ1) is 15.8. The van der Waals surface area contributed by atoms with E-state index in [1.807, 2.05) is 0 Å². The van der Waals surface area contributed by atoms with E-state index in [1.54, 1.807) is 54.6 Å². The Morgan fingerprint density at radius 3 is 2.30 bits per heavy atom. The van der Waals surface area contributed by atoms with Crippen LogP contribution in [0.25, 0.3) is 11.5 Å². The zero-order valence-corrected chi connectivity index (χ0v) is 17.6. The number of halogens is 4. The number of benzene rings is 3. The number of carbonyl (C=O) groups excluding carboxylic acids is 1. The zero-order chi connectivity index (χ0) is 23.4. The number of hydrogen-bond acceptors (Lipinski definition) is 4. The summed E-state index contributed by atoms with van der Waals surface area (Å²) in [5.74, 6) is 0.177. The Bertz CT molecular complexity index is 1260. The van der Waals surface area contributed by atoms with Crippen molar-refractivity contribution in [3.05, 3.63) is 101 Å². The number of hydrogen-bond donors (Lipinski definition) is 2. The van der Waals surface area contributed by atoms with E-state index in [9.17, 15) is 18.0 Å². The highest BCUT2D eigenvalue weighted by Crippen LogP contribution is 2.35. The number of carbonyl (C=O) groups is 1. The van der Waals surface area contributed by atoms with Crippen molar-refractivity contribution in [2.24, 2.45) is 0 Å². The summed E-state index contributed by atoms with van der Waals surface area (Å²) in [6, 6.07) is 18.5. The molecule has 2 N–H and O–H groups in total. The minimum Gasteiger partial charge on any atom is -0.418 e. The van der Waals surface area contributed by atoms with Crippen LogP contribution in [-0.4, -0.2) is 16.2 Å². The lowest BCUT2D eigenvalue weighted by Gasteiger charge is -2.18. The standard InChI is InChI=1S/C23H16ClF3N4O2/c24-17-12-6-4-10-15(17)20-30-31-21(33-20)19(14-8-2-1-3-9-14)29-22(32)28-18-13-7-5-11-16(18)23(25,26)27/h1-13,19H,(H2,28,29,32)/t19-/m0/s1. The molecule has 33 heavy (non-hydrogen) atoms. The summed E-state index contributed by atoms with van der Waals surface area (Å²) in [5.41, 5.74) is -0.244. The summed E-state index contributed by atoms with van der Waals surface area (Å²) in [6.07, 6.45) is -4.63.